The third-order valence-electron chi connectivity index (χ3n) is 4.73. The van der Waals surface area contributed by atoms with E-state index in [0.717, 1.165) is 25.0 Å². The van der Waals surface area contributed by atoms with Crippen LogP contribution >= 0.6 is 34.4 Å². The van der Waals surface area contributed by atoms with Gasteiger partial charge in [0.2, 0.25) is 11.8 Å². The number of halogens is 1. The Morgan fingerprint density at radius 2 is 1.83 bits per heavy atom. The molecule has 0 spiro atoms. The molecule has 2 saturated heterocycles. The average Bonchev–Trinajstić information content (AvgIpc) is 3.19. The normalized spacial score (nSPS) is 23.0. The molecule has 4 amide bonds. The fourth-order valence-corrected chi connectivity index (χ4v) is 5.08. The van der Waals surface area contributed by atoms with Crippen LogP contribution in [0, 0.1) is 0 Å². The number of alkyl halides is 1. The topological polar surface area (TPSA) is 158 Å². The summed E-state index contributed by atoms with van der Waals surface area (Å²) in [5, 5.41) is 8.66. The molecule has 0 bridgehead atoms. The van der Waals surface area contributed by atoms with Gasteiger partial charge in [-0.05, 0) is 41.9 Å². The van der Waals surface area contributed by atoms with Crippen LogP contribution in [-0.2, 0) is 19.1 Å². The Hall–Kier alpha value is -0.670. The maximum Gasteiger partial charge on any atom is 0.315 e. The number of nitrogens with one attached hydrogen (secondary N) is 3. The van der Waals surface area contributed by atoms with E-state index in [1.807, 2.05) is 34.4 Å². The summed E-state index contributed by atoms with van der Waals surface area (Å²) in [4.78, 5) is 35.0. The molecule has 2 aliphatic rings. The zero-order valence-corrected chi connectivity index (χ0v) is 20.0. The van der Waals surface area contributed by atoms with Crippen molar-refractivity contribution >= 4 is 52.2 Å². The van der Waals surface area contributed by atoms with Crippen molar-refractivity contribution in [1.29, 1.82) is 0 Å². The number of nitrogens with two attached hydrogens (primary N) is 2. The van der Waals surface area contributed by atoms with Crippen LogP contribution in [0.4, 0.5) is 4.79 Å². The van der Waals surface area contributed by atoms with Crippen LogP contribution in [0.1, 0.15) is 38.5 Å². The second-order valence-corrected chi connectivity index (χ2v) is 10.8. The van der Waals surface area contributed by atoms with E-state index in [1.165, 1.54) is 0 Å². The van der Waals surface area contributed by atoms with Crippen molar-refractivity contribution in [3.8, 4) is 0 Å². The van der Waals surface area contributed by atoms with Gasteiger partial charge in [-0.3, -0.25) is 14.9 Å². The van der Waals surface area contributed by atoms with Crippen LogP contribution in [0.15, 0.2) is 0 Å². The van der Waals surface area contributed by atoms with Crippen LogP contribution < -0.4 is 27.4 Å². The molecule has 0 radical (unpaired) electrons. The second-order valence-electron chi connectivity index (χ2n) is 7.53. The summed E-state index contributed by atoms with van der Waals surface area (Å²) in [5.41, 5.74) is 11.2. The van der Waals surface area contributed by atoms with E-state index in [0.29, 0.717) is 31.3 Å². The van der Waals surface area contributed by atoms with E-state index in [9.17, 15) is 14.4 Å². The van der Waals surface area contributed by atoms with Gasteiger partial charge in [0.05, 0.1) is 31.7 Å². The molecule has 2 aliphatic heterocycles. The van der Waals surface area contributed by atoms with Gasteiger partial charge in [0.15, 0.2) is 0 Å². The number of thioether (sulfide) groups is 1. The lowest BCUT2D eigenvalue weighted by atomic mass is 10.0. The number of imide groups is 1. The van der Waals surface area contributed by atoms with Gasteiger partial charge in [-0.2, -0.15) is 11.8 Å². The predicted molar refractivity (Wildman–Crippen MR) is 123 cm³/mol. The fraction of sp³-hybridized carbons (Fsp3) is 0.833. The van der Waals surface area contributed by atoms with Crippen molar-refractivity contribution in [2.75, 3.05) is 32.2 Å². The minimum absolute atomic E-state index is 0.0871. The van der Waals surface area contributed by atoms with Crippen molar-refractivity contribution in [2.45, 2.75) is 59.5 Å². The van der Waals surface area contributed by atoms with Crippen molar-refractivity contribution in [3.63, 3.8) is 0 Å². The highest BCUT2D eigenvalue weighted by Gasteiger charge is 2.42. The van der Waals surface area contributed by atoms with Gasteiger partial charge >= 0.3 is 6.03 Å². The molecule has 7 N–H and O–H groups in total. The first-order valence-electron chi connectivity index (χ1n) is 10.2. The van der Waals surface area contributed by atoms with Crippen molar-refractivity contribution in [1.82, 2.24) is 16.0 Å². The van der Waals surface area contributed by atoms with E-state index < -0.39 is 3.67 Å². The maximum atomic E-state index is 11.9. The van der Waals surface area contributed by atoms with E-state index >= 15 is 0 Å². The molecule has 3 atom stereocenters. The molecule has 0 aromatic carbocycles. The molecular formula is C18H32IN5O5S. The molecule has 2 heterocycles. The smallest absolute Gasteiger partial charge is 0.315 e. The molecule has 0 aliphatic carbocycles. The number of amides is 4. The Morgan fingerprint density at radius 1 is 1.10 bits per heavy atom. The minimum atomic E-state index is -0.868. The highest BCUT2D eigenvalue weighted by Crippen LogP contribution is 2.33. The summed E-state index contributed by atoms with van der Waals surface area (Å²) in [7, 11) is 0. The Morgan fingerprint density at radius 3 is 2.60 bits per heavy atom. The number of carbonyl (C=O) groups excluding carboxylic acids is 3. The summed E-state index contributed by atoms with van der Waals surface area (Å²) >= 11 is 3.76. The predicted octanol–water partition coefficient (Wildman–Crippen LogP) is 0.175. The third-order valence-corrected chi connectivity index (χ3v) is 6.55. The van der Waals surface area contributed by atoms with Crippen molar-refractivity contribution in [3.05, 3.63) is 0 Å². The zero-order chi connectivity index (χ0) is 22.0. The zero-order valence-electron chi connectivity index (χ0n) is 17.0. The van der Waals surface area contributed by atoms with Crippen LogP contribution in [0.5, 0.6) is 0 Å². The summed E-state index contributed by atoms with van der Waals surface area (Å²) < 4.78 is 9.79. The van der Waals surface area contributed by atoms with Crippen LogP contribution in [0.2, 0.25) is 0 Å². The van der Waals surface area contributed by atoms with Crippen LogP contribution in [-0.4, -0.2) is 71.0 Å². The molecule has 30 heavy (non-hydrogen) atoms. The summed E-state index contributed by atoms with van der Waals surface area (Å²) in [6.07, 6.45) is 3.69. The number of fused-ring (bicyclic) bond motifs is 1. The molecule has 0 unspecified atom stereocenters. The quantitative estimate of drug-likeness (QED) is 0.0506. The Labute approximate surface area is 194 Å². The highest BCUT2D eigenvalue weighted by molar-refractivity contribution is 14.1. The maximum absolute atomic E-state index is 11.9. The molecule has 10 nitrogen and oxygen atoms in total. The third kappa shape index (κ3) is 10.1. The number of ether oxygens (including phenoxy) is 2. The fourth-order valence-electron chi connectivity index (χ4n) is 3.31. The monoisotopic (exact) mass is 557 g/mol. The lowest BCUT2D eigenvalue weighted by Crippen LogP contribution is -2.47. The van der Waals surface area contributed by atoms with Crippen LogP contribution in [0.25, 0.3) is 0 Å². The Kier molecular flexibility index (Phi) is 11.1. The lowest BCUT2D eigenvalue weighted by Gasteiger charge is -2.16. The number of unbranched alkanes of at least 4 members (excludes halogenated alkanes) is 1. The molecule has 2 rings (SSSR count). The first kappa shape index (κ1) is 25.6. The Bertz CT molecular complexity index is 592. The number of rotatable bonds is 14. The molecule has 172 valence electrons. The first-order chi connectivity index (χ1) is 14.2. The van der Waals surface area contributed by atoms with Gasteiger partial charge < -0.3 is 31.6 Å². The molecular weight excluding hydrogens is 525 g/mol. The highest BCUT2D eigenvalue weighted by atomic mass is 127. The standard InChI is InChI=1S/C18H32IN5O5S/c19-18(20,21)11-29-8-3-7-28-9-6-15(26)23-14(25)5-2-1-4-13-16-12(10-30-13)22-17(27)24-16/h12-13,16H,1-11,20-21H2,(H2,22,24,27)(H,23,25,26)/t12-,13-,16-/m0/s1. The van der Waals surface area contributed by atoms with E-state index in [4.69, 9.17) is 20.9 Å². The van der Waals surface area contributed by atoms with Gasteiger partial charge in [0, 0.05) is 30.6 Å². The van der Waals surface area contributed by atoms with Crippen molar-refractivity contribution in [2.24, 2.45) is 11.5 Å². The first-order valence-corrected chi connectivity index (χ1v) is 12.3. The minimum Gasteiger partial charge on any atom is -0.381 e. The second kappa shape index (κ2) is 13.0. The molecule has 0 aromatic heterocycles. The number of urea groups is 1. The summed E-state index contributed by atoms with van der Waals surface area (Å²) in [5.74, 6) is 0.344. The molecule has 2 fully saturated rings. The SMILES string of the molecule is NC(N)(I)COCCCOCCC(=O)NC(=O)CCCC[C@@H]1SC[C@@H]2NC(=O)N[C@@H]21. The van der Waals surface area contributed by atoms with Gasteiger partial charge in [-0.15, -0.1) is 0 Å². The summed E-state index contributed by atoms with van der Waals surface area (Å²) in [6.45, 7) is 1.45. The summed E-state index contributed by atoms with van der Waals surface area (Å²) in [6, 6.07) is 0.317. The number of hydrogen-bond acceptors (Lipinski definition) is 8. The van der Waals surface area contributed by atoms with E-state index in [2.05, 4.69) is 16.0 Å². The molecule has 12 heteroatoms. The number of carbonyl (C=O) groups is 3. The number of hydrogen-bond donors (Lipinski definition) is 5. The molecule has 0 aromatic rings. The van der Waals surface area contributed by atoms with Gasteiger partial charge in [-0.1, -0.05) is 6.42 Å². The van der Waals surface area contributed by atoms with Crippen LogP contribution in [0.3, 0.4) is 0 Å². The van der Waals surface area contributed by atoms with Crippen molar-refractivity contribution < 1.29 is 23.9 Å². The average molecular weight is 557 g/mol. The van der Waals surface area contributed by atoms with Gasteiger partial charge in [0.25, 0.3) is 0 Å². The van der Waals surface area contributed by atoms with Gasteiger partial charge in [0.1, 0.15) is 3.67 Å². The lowest BCUT2D eigenvalue weighted by molar-refractivity contribution is -0.131. The Balaban J connectivity index is 1.42. The van der Waals surface area contributed by atoms with E-state index in [-0.39, 0.29) is 49.6 Å². The van der Waals surface area contributed by atoms with Gasteiger partial charge in [-0.25, -0.2) is 4.79 Å². The van der Waals surface area contributed by atoms with E-state index in [1.54, 1.807) is 0 Å². The molecule has 0 saturated carbocycles. The largest absolute Gasteiger partial charge is 0.381 e.